The molecule has 0 atom stereocenters. The van der Waals surface area contributed by atoms with Crippen LogP contribution in [0.3, 0.4) is 0 Å². The van der Waals surface area contributed by atoms with Gasteiger partial charge in [0.25, 0.3) is 0 Å². The molecule has 0 spiro atoms. The van der Waals surface area contributed by atoms with Crippen LogP contribution in [0.1, 0.15) is 12.6 Å². The Morgan fingerprint density at radius 3 is 2.78 bits per heavy atom. The maximum Gasteiger partial charge on any atom is 0.130 e. The molecule has 1 heterocycles. The lowest BCUT2D eigenvalue weighted by atomic mass is 10.3. The van der Waals surface area contributed by atoms with Gasteiger partial charge in [0.2, 0.25) is 0 Å². The second-order valence-electron chi connectivity index (χ2n) is 3.61. The lowest BCUT2D eigenvalue weighted by molar-refractivity contribution is 0.292. The standard InChI is InChI=1S/C12H13N5O/c1-2-17-11(7-8-14-17)9-18-12-5-3-10(4-6-12)15-16-13/h3-8H,2,9H2,1H3. The molecule has 2 rings (SSSR count). The summed E-state index contributed by atoms with van der Waals surface area (Å²) >= 11 is 0. The summed E-state index contributed by atoms with van der Waals surface area (Å²) < 4.78 is 7.51. The highest BCUT2D eigenvalue weighted by Gasteiger charge is 2.01. The van der Waals surface area contributed by atoms with Crippen LogP contribution < -0.4 is 4.74 Å². The second kappa shape index (κ2) is 5.75. The van der Waals surface area contributed by atoms with Crippen LogP contribution in [0.5, 0.6) is 5.75 Å². The first-order chi connectivity index (χ1) is 8.83. The lowest BCUT2D eigenvalue weighted by Crippen LogP contribution is -2.05. The second-order valence-corrected chi connectivity index (χ2v) is 3.61. The lowest BCUT2D eigenvalue weighted by Gasteiger charge is -2.07. The first-order valence-electron chi connectivity index (χ1n) is 5.62. The Morgan fingerprint density at radius 1 is 1.33 bits per heavy atom. The Kier molecular flexibility index (Phi) is 3.83. The van der Waals surface area contributed by atoms with Crippen molar-refractivity contribution >= 4 is 5.69 Å². The summed E-state index contributed by atoms with van der Waals surface area (Å²) in [5, 5.41) is 7.66. The molecule has 2 aromatic rings. The largest absolute Gasteiger partial charge is 0.487 e. The van der Waals surface area contributed by atoms with Crippen LogP contribution in [0.4, 0.5) is 5.69 Å². The highest BCUT2D eigenvalue weighted by molar-refractivity contribution is 5.40. The van der Waals surface area contributed by atoms with E-state index in [1.54, 1.807) is 30.5 Å². The quantitative estimate of drug-likeness (QED) is 0.458. The van der Waals surface area contributed by atoms with Gasteiger partial charge in [0.1, 0.15) is 12.4 Å². The number of hydrogen-bond acceptors (Lipinski definition) is 3. The Labute approximate surface area is 104 Å². The van der Waals surface area contributed by atoms with Crippen molar-refractivity contribution in [2.45, 2.75) is 20.1 Å². The van der Waals surface area contributed by atoms with Crippen molar-refractivity contribution in [2.75, 3.05) is 0 Å². The molecule has 0 bridgehead atoms. The number of aromatic nitrogens is 2. The first-order valence-corrected chi connectivity index (χ1v) is 5.62. The SMILES string of the molecule is CCn1nccc1COc1ccc(N=[N+]=[N-])cc1. The highest BCUT2D eigenvalue weighted by Crippen LogP contribution is 2.19. The van der Waals surface area contributed by atoms with Crippen molar-refractivity contribution in [3.63, 3.8) is 0 Å². The highest BCUT2D eigenvalue weighted by atomic mass is 16.5. The monoisotopic (exact) mass is 243 g/mol. The number of hydrogen-bond donors (Lipinski definition) is 0. The van der Waals surface area contributed by atoms with Gasteiger partial charge < -0.3 is 4.74 Å². The predicted molar refractivity (Wildman–Crippen MR) is 67.5 cm³/mol. The van der Waals surface area contributed by atoms with Crippen molar-refractivity contribution in [3.8, 4) is 5.75 Å². The smallest absolute Gasteiger partial charge is 0.130 e. The molecule has 18 heavy (non-hydrogen) atoms. The average molecular weight is 243 g/mol. The van der Waals surface area contributed by atoms with Crippen molar-refractivity contribution < 1.29 is 4.74 Å². The number of aryl methyl sites for hydroxylation is 1. The molecule has 92 valence electrons. The zero-order valence-corrected chi connectivity index (χ0v) is 10.0. The summed E-state index contributed by atoms with van der Waals surface area (Å²) in [6.45, 7) is 3.32. The molecule has 0 aliphatic rings. The van der Waals surface area contributed by atoms with Crippen LogP contribution in [0.25, 0.3) is 10.4 Å². The normalized spacial score (nSPS) is 9.83. The summed E-state index contributed by atoms with van der Waals surface area (Å²) in [6.07, 6.45) is 1.76. The Hall–Kier alpha value is -2.46. The minimum atomic E-state index is 0.467. The van der Waals surface area contributed by atoms with Gasteiger partial charge in [-0.1, -0.05) is 5.11 Å². The topological polar surface area (TPSA) is 75.8 Å². The summed E-state index contributed by atoms with van der Waals surface area (Å²) in [7, 11) is 0. The van der Waals surface area contributed by atoms with E-state index in [1.165, 1.54) is 0 Å². The van der Waals surface area contributed by atoms with Gasteiger partial charge in [0.05, 0.1) is 5.69 Å². The van der Waals surface area contributed by atoms with E-state index in [-0.39, 0.29) is 0 Å². The van der Waals surface area contributed by atoms with Gasteiger partial charge in [-0.05, 0) is 42.8 Å². The zero-order chi connectivity index (χ0) is 12.8. The van der Waals surface area contributed by atoms with Gasteiger partial charge in [-0.15, -0.1) is 0 Å². The van der Waals surface area contributed by atoms with E-state index in [2.05, 4.69) is 15.1 Å². The van der Waals surface area contributed by atoms with E-state index >= 15 is 0 Å². The minimum Gasteiger partial charge on any atom is -0.487 e. The van der Waals surface area contributed by atoms with Crippen LogP contribution in [0.2, 0.25) is 0 Å². The molecule has 0 saturated carbocycles. The van der Waals surface area contributed by atoms with Crippen LogP contribution >= 0.6 is 0 Å². The van der Waals surface area contributed by atoms with E-state index < -0.39 is 0 Å². The third kappa shape index (κ3) is 2.81. The molecule has 0 radical (unpaired) electrons. The van der Waals surface area contributed by atoms with Crippen molar-refractivity contribution in [1.82, 2.24) is 9.78 Å². The van der Waals surface area contributed by atoms with Gasteiger partial charge in [-0.3, -0.25) is 4.68 Å². The Morgan fingerprint density at radius 2 is 2.11 bits per heavy atom. The Bertz CT molecular complexity index is 554. The molecule has 1 aromatic carbocycles. The van der Waals surface area contributed by atoms with Gasteiger partial charge in [-0.25, -0.2) is 0 Å². The van der Waals surface area contributed by atoms with E-state index in [9.17, 15) is 0 Å². The predicted octanol–water partition coefficient (Wildman–Crippen LogP) is 3.42. The van der Waals surface area contributed by atoms with E-state index in [0.29, 0.717) is 12.3 Å². The Balaban J connectivity index is 2.00. The van der Waals surface area contributed by atoms with Gasteiger partial charge in [0.15, 0.2) is 0 Å². The van der Waals surface area contributed by atoms with Gasteiger partial charge >= 0.3 is 0 Å². The van der Waals surface area contributed by atoms with Crippen LogP contribution in [-0.4, -0.2) is 9.78 Å². The maximum atomic E-state index is 8.29. The number of rotatable bonds is 5. The molecule has 6 nitrogen and oxygen atoms in total. The van der Waals surface area contributed by atoms with Crippen molar-refractivity contribution in [3.05, 3.63) is 52.7 Å². The van der Waals surface area contributed by atoms with Crippen molar-refractivity contribution in [1.29, 1.82) is 0 Å². The van der Waals surface area contributed by atoms with E-state index in [4.69, 9.17) is 10.3 Å². The molecule has 0 N–H and O–H groups in total. The summed E-state index contributed by atoms with van der Waals surface area (Å²) in [5.74, 6) is 0.732. The van der Waals surface area contributed by atoms with Crippen molar-refractivity contribution in [2.24, 2.45) is 5.11 Å². The molecule has 0 aliphatic carbocycles. The fourth-order valence-electron chi connectivity index (χ4n) is 1.59. The molecule has 1 aromatic heterocycles. The minimum absolute atomic E-state index is 0.467. The molecule has 0 amide bonds. The molecular formula is C12H13N5O. The number of ether oxygens (including phenoxy) is 1. The molecular weight excluding hydrogens is 230 g/mol. The van der Waals surface area contributed by atoms with E-state index in [0.717, 1.165) is 18.0 Å². The zero-order valence-electron chi connectivity index (χ0n) is 10.0. The summed E-state index contributed by atoms with van der Waals surface area (Å²) in [4.78, 5) is 2.72. The number of nitrogens with zero attached hydrogens (tertiary/aromatic N) is 5. The molecule has 0 aliphatic heterocycles. The third-order valence-electron chi connectivity index (χ3n) is 2.49. The molecule has 0 unspecified atom stereocenters. The fraction of sp³-hybridized carbons (Fsp3) is 0.250. The van der Waals surface area contributed by atoms with Crippen LogP contribution in [0, 0.1) is 0 Å². The van der Waals surface area contributed by atoms with Gasteiger partial charge in [-0.2, -0.15) is 5.10 Å². The van der Waals surface area contributed by atoms with Crippen LogP contribution in [0.15, 0.2) is 41.6 Å². The van der Waals surface area contributed by atoms with Gasteiger partial charge in [0, 0.05) is 23.3 Å². The fourth-order valence-corrected chi connectivity index (χ4v) is 1.59. The average Bonchev–Trinajstić information content (AvgIpc) is 2.86. The maximum absolute atomic E-state index is 8.29. The summed E-state index contributed by atoms with van der Waals surface area (Å²) in [6, 6.07) is 8.91. The first kappa shape index (κ1) is 12.0. The molecule has 0 fully saturated rings. The number of benzene rings is 1. The molecule has 0 saturated heterocycles. The van der Waals surface area contributed by atoms with E-state index in [1.807, 2.05) is 17.7 Å². The molecule has 6 heteroatoms. The number of azide groups is 1. The van der Waals surface area contributed by atoms with Crippen LogP contribution in [-0.2, 0) is 13.2 Å². The third-order valence-corrected chi connectivity index (χ3v) is 2.49. The summed E-state index contributed by atoms with van der Waals surface area (Å²) in [5.41, 5.74) is 9.89.